The van der Waals surface area contributed by atoms with E-state index in [0.717, 1.165) is 32.4 Å². The van der Waals surface area contributed by atoms with E-state index in [1.807, 2.05) is 0 Å². The summed E-state index contributed by atoms with van der Waals surface area (Å²) in [5.41, 5.74) is -0.0132. The van der Waals surface area contributed by atoms with E-state index in [1.165, 1.54) is 19.2 Å². The van der Waals surface area contributed by atoms with Gasteiger partial charge in [0, 0.05) is 13.1 Å². The predicted octanol–water partition coefficient (Wildman–Crippen LogP) is 1.78. The van der Waals surface area contributed by atoms with Gasteiger partial charge in [-0.2, -0.15) is 0 Å². The predicted molar refractivity (Wildman–Crippen MR) is 75.9 cm³/mol. The van der Waals surface area contributed by atoms with Gasteiger partial charge in [0.1, 0.15) is 17.1 Å². The molecule has 1 aliphatic heterocycles. The number of carbonyl (C=O) groups excluding carboxylic acids is 1. The minimum atomic E-state index is -1.12. The Morgan fingerprint density at radius 3 is 2.57 bits per heavy atom. The molecule has 6 heteroatoms. The van der Waals surface area contributed by atoms with Gasteiger partial charge in [0.05, 0.1) is 7.11 Å². The van der Waals surface area contributed by atoms with E-state index >= 15 is 0 Å². The molecule has 1 aromatic rings. The molecule has 0 aromatic heterocycles. The third-order valence-electron chi connectivity index (χ3n) is 3.48. The maximum absolute atomic E-state index is 12.0. The molecule has 1 amide bonds. The van der Waals surface area contributed by atoms with Crippen LogP contribution in [0.4, 0.5) is 0 Å². The number of piperidine rings is 1. The molecule has 1 heterocycles. The molecule has 1 fully saturated rings. The van der Waals surface area contributed by atoms with Crippen molar-refractivity contribution in [2.75, 3.05) is 26.8 Å². The molecule has 0 spiro atoms. The van der Waals surface area contributed by atoms with Crippen molar-refractivity contribution in [2.45, 2.75) is 19.3 Å². The van der Waals surface area contributed by atoms with Crippen LogP contribution < -0.4 is 9.47 Å². The summed E-state index contributed by atoms with van der Waals surface area (Å²) < 4.78 is 10.4. The van der Waals surface area contributed by atoms with Crippen molar-refractivity contribution < 1.29 is 24.2 Å². The van der Waals surface area contributed by atoms with Crippen LogP contribution in [-0.4, -0.2) is 48.7 Å². The van der Waals surface area contributed by atoms with E-state index < -0.39 is 5.97 Å². The van der Waals surface area contributed by atoms with Crippen molar-refractivity contribution in [2.24, 2.45) is 0 Å². The molecule has 1 saturated heterocycles. The zero-order valence-electron chi connectivity index (χ0n) is 12.0. The Kier molecular flexibility index (Phi) is 5.03. The first-order valence-electron chi connectivity index (χ1n) is 6.93. The van der Waals surface area contributed by atoms with Gasteiger partial charge in [-0.15, -0.1) is 0 Å². The lowest BCUT2D eigenvalue weighted by atomic mass is 10.1. The number of nitrogens with zero attached hydrogens (tertiary/aromatic N) is 1. The number of carbonyl (C=O) groups is 2. The molecule has 6 nitrogen and oxygen atoms in total. The van der Waals surface area contributed by atoms with Gasteiger partial charge < -0.3 is 19.5 Å². The summed E-state index contributed by atoms with van der Waals surface area (Å²) in [4.78, 5) is 25.0. The van der Waals surface area contributed by atoms with Gasteiger partial charge >= 0.3 is 5.97 Å². The SMILES string of the molecule is COc1ccc(OCC(=O)N2CCCCC2)c(C(=O)O)c1. The molecule has 0 unspecified atom stereocenters. The molecular formula is C15H19NO5. The number of aromatic carboxylic acids is 1. The molecule has 1 aliphatic rings. The van der Waals surface area contributed by atoms with Gasteiger partial charge in [0.2, 0.25) is 0 Å². The van der Waals surface area contributed by atoms with Gasteiger partial charge in [0.15, 0.2) is 6.61 Å². The number of hydrogen-bond acceptors (Lipinski definition) is 4. The van der Waals surface area contributed by atoms with E-state index in [9.17, 15) is 9.59 Å². The molecule has 1 aromatic carbocycles. The van der Waals surface area contributed by atoms with Crippen LogP contribution in [0.25, 0.3) is 0 Å². The number of rotatable bonds is 5. The highest BCUT2D eigenvalue weighted by Crippen LogP contribution is 2.24. The standard InChI is InChI=1S/C15H19NO5/c1-20-11-5-6-13(12(9-11)15(18)19)21-10-14(17)16-7-3-2-4-8-16/h5-6,9H,2-4,7-8,10H2,1H3,(H,18,19). The van der Waals surface area contributed by atoms with E-state index in [0.29, 0.717) is 5.75 Å². The van der Waals surface area contributed by atoms with Crippen molar-refractivity contribution in [3.05, 3.63) is 23.8 Å². The summed E-state index contributed by atoms with van der Waals surface area (Å²) in [5.74, 6) is -0.619. The molecule has 0 saturated carbocycles. The van der Waals surface area contributed by atoms with E-state index in [4.69, 9.17) is 14.6 Å². The topological polar surface area (TPSA) is 76.1 Å². The number of methoxy groups -OCH3 is 1. The number of ether oxygens (including phenoxy) is 2. The van der Waals surface area contributed by atoms with Crippen LogP contribution in [0.3, 0.4) is 0 Å². The minimum Gasteiger partial charge on any atom is -0.497 e. The fraction of sp³-hybridized carbons (Fsp3) is 0.467. The van der Waals surface area contributed by atoms with Gasteiger partial charge in [-0.25, -0.2) is 4.79 Å². The van der Waals surface area contributed by atoms with Crippen molar-refractivity contribution >= 4 is 11.9 Å². The third-order valence-corrected chi connectivity index (χ3v) is 3.48. The third kappa shape index (κ3) is 3.87. The van der Waals surface area contributed by atoms with Crippen LogP contribution in [-0.2, 0) is 4.79 Å². The Hall–Kier alpha value is -2.24. The summed E-state index contributed by atoms with van der Waals surface area (Å²) in [5, 5.41) is 9.17. The van der Waals surface area contributed by atoms with Crippen molar-refractivity contribution in [1.82, 2.24) is 4.90 Å². The van der Waals surface area contributed by atoms with Crippen molar-refractivity contribution in [3.8, 4) is 11.5 Å². The first kappa shape index (κ1) is 15.2. The second kappa shape index (κ2) is 6.97. The molecule has 21 heavy (non-hydrogen) atoms. The summed E-state index contributed by atoms with van der Waals surface area (Å²) in [7, 11) is 1.46. The molecule has 0 atom stereocenters. The zero-order chi connectivity index (χ0) is 15.2. The summed E-state index contributed by atoms with van der Waals surface area (Å²) >= 11 is 0. The Morgan fingerprint density at radius 1 is 1.24 bits per heavy atom. The van der Waals surface area contributed by atoms with Gasteiger partial charge in [-0.3, -0.25) is 4.79 Å². The lowest BCUT2D eigenvalue weighted by molar-refractivity contribution is -0.134. The van der Waals surface area contributed by atoms with Crippen LogP contribution in [0.1, 0.15) is 29.6 Å². The second-order valence-corrected chi connectivity index (χ2v) is 4.90. The van der Waals surface area contributed by atoms with Crippen molar-refractivity contribution in [3.63, 3.8) is 0 Å². The van der Waals surface area contributed by atoms with Gasteiger partial charge in [-0.1, -0.05) is 0 Å². The van der Waals surface area contributed by atoms with Crippen LogP contribution in [0.15, 0.2) is 18.2 Å². The molecule has 2 rings (SSSR count). The number of amides is 1. The smallest absolute Gasteiger partial charge is 0.339 e. The van der Waals surface area contributed by atoms with E-state index in [1.54, 1.807) is 11.0 Å². The van der Waals surface area contributed by atoms with Crippen LogP contribution in [0, 0.1) is 0 Å². The zero-order valence-corrected chi connectivity index (χ0v) is 12.0. The van der Waals surface area contributed by atoms with Crippen LogP contribution in [0.5, 0.6) is 11.5 Å². The highest BCUT2D eigenvalue weighted by Gasteiger charge is 2.19. The first-order chi connectivity index (χ1) is 10.1. The molecule has 1 N–H and O–H groups in total. The van der Waals surface area contributed by atoms with Crippen LogP contribution in [0.2, 0.25) is 0 Å². The minimum absolute atomic E-state index is 0.0132. The first-order valence-corrected chi connectivity index (χ1v) is 6.93. The molecule has 0 radical (unpaired) electrons. The Labute approximate surface area is 123 Å². The Balaban J connectivity index is 2.02. The fourth-order valence-corrected chi connectivity index (χ4v) is 2.30. The lowest BCUT2D eigenvalue weighted by Gasteiger charge is -2.26. The maximum atomic E-state index is 12.0. The van der Waals surface area contributed by atoms with Gasteiger partial charge in [-0.05, 0) is 37.5 Å². The van der Waals surface area contributed by atoms with Crippen LogP contribution >= 0.6 is 0 Å². The Morgan fingerprint density at radius 2 is 1.95 bits per heavy atom. The molecule has 0 aliphatic carbocycles. The monoisotopic (exact) mass is 293 g/mol. The highest BCUT2D eigenvalue weighted by atomic mass is 16.5. The largest absolute Gasteiger partial charge is 0.497 e. The fourth-order valence-electron chi connectivity index (χ4n) is 2.30. The molecular weight excluding hydrogens is 274 g/mol. The summed E-state index contributed by atoms with van der Waals surface area (Å²) in [6.07, 6.45) is 3.16. The molecule has 114 valence electrons. The summed E-state index contributed by atoms with van der Waals surface area (Å²) in [6.45, 7) is 1.35. The maximum Gasteiger partial charge on any atom is 0.339 e. The van der Waals surface area contributed by atoms with Crippen molar-refractivity contribution in [1.29, 1.82) is 0 Å². The average Bonchev–Trinajstić information content (AvgIpc) is 2.53. The second-order valence-electron chi connectivity index (χ2n) is 4.90. The molecule has 0 bridgehead atoms. The number of carboxylic acids is 1. The lowest BCUT2D eigenvalue weighted by Crippen LogP contribution is -2.38. The normalized spacial score (nSPS) is 14.6. The van der Waals surface area contributed by atoms with E-state index in [-0.39, 0.29) is 23.8 Å². The average molecular weight is 293 g/mol. The highest BCUT2D eigenvalue weighted by molar-refractivity contribution is 5.91. The Bertz CT molecular complexity index is 523. The quantitative estimate of drug-likeness (QED) is 0.895. The number of hydrogen-bond donors (Lipinski definition) is 1. The van der Waals surface area contributed by atoms with Gasteiger partial charge in [0.25, 0.3) is 5.91 Å². The van der Waals surface area contributed by atoms with E-state index in [2.05, 4.69) is 0 Å². The number of carboxylic acid groups (broad SMARTS) is 1. The summed E-state index contributed by atoms with van der Waals surface area (Å²) in [6, 6.07) is 4.49. The number of likely N-dealkylation sites (tertiary alicyclic amines) is 1. The number of benzene rings is 1.